The molecule has 2 aromatic carbocycles. The van der Waals surface area contributed by atoms with Crippen LogP contribution in [0.4, 0.5) is 14.5 Å². The Morgan fingerprint density at radius 2 is 2.06 bits per heavy atom. The normalized spacial score (nSPS) is 15.6. The van der Waals surface area contributed by atoms with Crippen molar-refractivity contribution in [1.29, 1.82) is 0 Å². The lowest BCUT2D eigenvalue weighted by atomic mass is 10.1. The van der Waals surface area contributed by atoms with Crippen LogP contribution in [0.15, 0.2) is 42.6 Å². The fourth-order valence-electron chi connectivity index (χ4n) is 3.77. The largest absolute Gasteiger partial charge is 0.494 e. The Bertz CT molecular complexity index is 1220. The summed E-state index contributed by atoms with van der Waals surface area (Å²) in [6, 6.07) is 8.66. The van der Waals surface area contributed by atoms with Crippen LogP contribution in [0.1, 0.15) is 16.9 Å². The first-order valence-electron chi connectivity index (χ1n) is 10.0. The number of nitrogens with one attached hydrogen (secondary N) is 1. The van der Waals surface area contributed by atoms with Crippen molar-refractivity contribution in [3.63, 3.8) is 0 Å². The number of imidazole rings is 1. The lowest BCUT2D eigenvalue weighted by Gasteiger charge is -2.14. The lowest BCUT2D eigenvalue weighted by Crippen LogP contribution is -2.33. The number of benzene rings is 2. The number of hydrogen-bond acceptors (Lipinski definition) is 4. The third-order valence-electron chi connectivity index (χ3n) is 5.55. The van der Waals surface area contributed by atoms with E-state index in [9.17, 15) is 13.6 Å². The number of methoxy groups -OCH3 is 1. The number of rotatable bonds is 5. The molecule has 1 aliphatic heterocycles. The van der Waals surface area contributed by atoms with Gasteiger partial charge < -0.3 is 15.0 Å². The van der Waals surface area contributed by atoms with Crippen LogP contribution >= 0.6 is 0 Å². The van der Waals surface area contributed by atoms with Crippen molar-refractivity contribution in [2.45, 2.75) is 12.5 Å². The highest BCUT2D eigenvalue weighted by Crippen LogP contribution is 2.30. The highest BCUT2D eigenvalue weighted by molar-refractivity contribution is 5.93. The molecule has 0 saturated carbocycles. The summed E-state index contributed by atoms with van der Waals surface area (Å²) < 4.78 is 35.2. The number of likely N-dealkylation sites (tertiary alicyclic amines) is 1. The zero-order valence-corrected chi connectivity index (χ0v) is 17.6. The molecule has 1 atom stereocenters. The van der Waals surface area contributed by atoms with E-state index in [1.807, 2.05) is 7.05 Å². The van der Waals surface area contributed by atoms with Crippen LogP contribution < -0.4 is 10.1 Å². The zero-order valence-electron chi connectivity index (χ0n) is 17.6. The molecule has 3 aromatic rings. The number of hydrogen-bond donors (Lipinski definition) is 1. The van der Waals surface area contributed by atoms with Gasteiger partial charge in [0, 0.05) is 37.0 Å². The summed E-state index contributed by atoms with van der Waals surface area (Å²) in [4.78, 5) is 22.4. The summed E-state index contributed by atoms with van der Waals surface area (Å²) in [5, 5.41) is 3.16. The van der Waals surface area contributed by atoms with Gasteiger partial charge in [0.25, 0.3) is 5.91 Å². The summed E-state index contributed by atoms with van der Waals surface area (Å²) >= 11 is 0. The number of amides is 1. The standard InChI is InChI=1S/C23H21F2N5O2/c1-26-15-8-9-29(12-15)23(31)20-13-30(16-5-7-21(32-3)18(25)11-16)22(28-20)14-4-6-19(27-2)17(24)10-14/h4-7,10-11,13,15,26H,8-9,12H2,1,3H3/t15-/m0/s1. The molecule has 1 amide bonds. The number of halogens is 2. The minimum atomic E-state index is -0.697. The maximum atomic E-state index is 14.4. The molecule has 7 nitrogen and oxygen atoms in total. The molecule has 164 valence electrons. The van der Waals surface area contributed by atoms with Crippen molar-refractivity contribution in [2.75, 3.05) is 27.2 Å². The Morgan fingerprint density at radius 1 is 1.25 bits per heavy atom. The molecule has 4 rings (SSSR count). The van der Waals surface area contributed by atoms with E-state index in [4.69, 9.17) is 11.3 Å². The molecule has 1 N–H and O–H groups in total. The number of carbonyl (C=O) groups is 1. The van der Waals surface area contributed by atoms with Gasteiger partial charge in [-0.25, -0.2) is 18.6 Å². The van der Waals surface area contributed by atoms with Crippen LogP contribution in [-0.4, -0.2) is 53.6 Å². The van der Waals surface area contributed by atoms with Gasteiger partial charge in [0.1, 0.15) is 17.3 Å². The van der Waals surface area contributed by atoms with Gasteiger partial charge in [0.15, 0.2) is 11.6 Å². The molecule has 1 aromatic heterocycles. The molecule has 1 fully saturated rings. The average Bonchev–Trinajstić information content (AvgIpc) is 3.46. The molecule has 32 heavy (non-hydrogen) atoms. The van der Waals surface area contributed by atoms with Gasteiger partial charge >= 0.3 is 0 Å². The van der Waals surface area contributed by atoms with Crippen LogP contribution in [0.25, 0.3) is 21.9 Å². The minimum absolute atomic E-state index is 0.0781. The number of ether oxygens (including phenoxy) is 1. The third-order valence-corrected chi connectivity index (χ3v) is 5.55. The molecule has 2 heterocycles. The van der Waals surface area contributed by atoms with Crippen molar-refractivity contribution in [3.8, 4) is 22.8 Å². The zero-order chi connectivity index (χ0) is 22.8. The van der Waals surface area contributed by atoms with Crippen LogP contribution in [0.5, 0.6) is 5.75 Å². The lowest BCUT2D eigenvalue weighted by molar-refractivity contribution is 0.0784. The highest BCUT2D eigenvalue weighted by atomic mass is 19.1. The maximum absolute atomic E-state index is 14.4. The van der Waals surface area contributed by atoms with Gasteiger partial charge in [-0.05, 0) is 31.7 Å². The summed E-state index contributed by atoms with van der Waals surface area (Å²) in [5.41, 5.74) is 0.810. The first kappa shape index (κ1) is 21.5. The van der Waals surface area contributed by atoms with E-state index in [1.165, 1.54) is 42.1 Å². The SMILES string of the molecule is [C-]#[N+]c1ccc(-c2nc(C(=O)N3CC[C@H](NC)C3)cn2-c2ccc(OC)c(F)c2)cc1F. The molecular formula is C23H21F2N5O2. The third kappa shape index (κ3) is 3.92. The quantitative estimate of drug-likeness (QED) is 0.617. The van der Waals surface area contributed by atoms with E-state index in [-0.39, 0.29) is 34.9 Å². The monoisotopic (exact) mass is 437 g/mol. The predicted molar refractivity (Wildman–Crippen MR) is 115 cm³/mol. The molecular weight excluding hydrogens is 416 g/mol. The van der Waals surface area contributed by atoms with E-state index in [1.54, 1.807) is 17.0 Å². The van der Waals surface area contributed by atoms with Crippen LogP contribution in [0.3, 0.4) is 0 Å². The van der Waals surface area contributed by atoms with Gasteiger partial charge in [-0.1, -0.05) is 12.1 Å². The van der Waals surface area contributed by atoms with E-state index in [0.717, 1.165) is 6.42 Å². The predicted octanol–water partition coefficient (Wildman–Crippen LogP) is 3.81. The van der Waals surface area contributed by atoms with Crippen molar-refractivity contribution < 1.29 is 18.3 Å². The molecule has 0 aliphatic carbocycles. The van der Waals surface area contributed by atoms with Crippen LogP contribution in [-0.2, 0) is 0 Å². The first-order chi connectivity index (χ1) is 15.4. The van der Waals surface area contributed by atoms with E-state index < -0.39 is 11.6 Å². The Labute approximate surface area is 184 Å². The summed E-state index contributed by atoms with van der Waals surface area (Å²) in [7, 11) is 3.22. The summed E-state index contributed by atoms with van der Waals surface area (Å²) in [6.07, 6.45) is 2.36. The Balaban J connectivity index is 1.80. The second kappa shape index (κ2) is 8.77. The molecule has 0 spiro atoms. The van der Waals surface area contributed by atoms with Gasteiger partial charge in [-0.2, -0.15) is 0 Å². The van der Waals surface area contributed by atoms with Crippen LogP contribution in [0.2, 0.25) is 0 Å². The van der Waals surface area contributed by atoms with E-state index >= 15 is 0 Å². The highest BCUT2D eigenvalue weighted by Gasteiger charge is 2.28. The first-order valence-corrected chi connectivity index (χ1v) is 10.0. The molecule has 0 bridgehead atoms. The van der Waals surface area contributed by atoms with Crippen LogP contribution in [0, 0.1) is 18.2 Å². The molecule has 0 unspecified atom stereocenters. The number of likely N-dealkylation sites (N-methyl/N-ethyl adjacent to an activating group) is 1. The Morgan fingerprint density at radius 3 is 2.69 bits per heavy atom. The molecule has 1 aliphatic rings. The van der Waals surface area contributed by atoms with Crippen molar-refractivity contribution in [2.24, 2.45) is 0 Å². The second-order valence-corrected chi connectivity index (χ2v) is 7.44. The molecule has 9 heteroatoms. The fraction of sp³-hybridized carbons (Fsp3) is 0.261. The smallest absolute Gasteiger partial charge is 0.274 e. The molecule has 0 radical (unpaired) electrons. The van der Waals surface area contributed by atoms with Crippen molar-refractivity contribution in [1.82, 2.24) is 19.8 Å². The Kier molecular flexibility index (Phi) is 5.88. The average molecular weight is 437 g/mol. The topological polar surface area (TPSA) is 63.8 Å². The number of carbonyl (C=O) groups excluding carboxylic acids is 1. The van der Waals surface area contributed by atoms with Gasteiger partial charge in [0.05, 0.1) is 19.4 Å². The van der Waals surface area contributed by atoms with E-state index in [0.29, 0.717) is 24.3 Å². The van der Waals surface area contributed by atoms with Crippen molar-refractivity contribution >= 4 is 11.6 Å². The second-order valence-electron chi connectivity index (χ2n) is 7.44. The maximum Gasteiger partial charge on any atom is 0.274 e. The fourth-order valence-corrected chi connectivity index (χ4v) is 3.77. The van der Waals surface area contributed by atoms with Gasteiger partial charge in [-0.15, -0.1) is 0 Å². The summed E-state index contributed by atoms with van der Waals surface area (Å²) in [6.45, 7) is 8.20. The summed E-state index contributed by atoms with van der Waals surface area (Å²) in [5.74, 6) is -1.19. The number of aromatic nitrogens is 2. The van der Waals surface area contributed by atoms with E-state index in [2.05, 4.69) is 15.1 Å². The minimum Gasteiger partial charge on any atom is -0.494 e. The Hall–Kier alpha value is -3.77. The molecule has 1 saturated heterocycles. The number of nitrogens with zero attached hydrogens (tertiary/aromatic N) is 4. The van der Waals surface area contributed by atoms with Gasteiger partial charge in [0.2, 0.25) is 5.69 Å². The van der Waals surface area contributed by atoms with Crippen molar-refractivity contribution in [3.05, 3.63) is 71.3 Å². The van der Waals surface area contributed by atoms with Gasteiger partial charge in [-0.3, -0.25) is 9.36 Å².